The average molecular weight is 348 g/mol. The van der Waals surface area contributed by atoms with Crippen LogP contribution >= 0.6 is 11.5 Å². The third kappa shape index (κ3) is 4.08. The minimum Gasteiger partial charge on any atom is -0.324 e. The highest BCUT2D eigenvalue weighted by Gasteiger charge is 2.23. The predicted molar refractivity (Wildman–Crippen MR) is 92.8 cm³/mol. The SMILES string of the molecule is Cc1nsc(NC(=O)N2CCC(Cc3ccc(C)c(F)c3)CC2)n1. The molecule has 1 saturated heterocycles. The molecule has 0 bridgehead atoms. The number of carbonyl (C=O) groups excluding carboxylic acids is 1. The number of amides is 2. The van der Waals surface area contributed by atoms with Gasteiger partial charge in [-0.2, -0.15) is 4.37 Å². The van der Waals surface area contributed by atoms with Gasteiger partial charge in [-0.05, 0) is 56.2 Å². The second-order valence-electron chi connectivity index (χ2n) is 6.29. The maximum Gasteiger partial charge on any atom is 0.323 e. The first-order valence-corrected chi connectivity index (χ1v) is 8.90. The Morgan fingerprint density at radius 1 is 1.38 bits per heavy atom. The molecule has 0 atom stereocenters. The summed E-state index contributed by atoms with van der Waals surface area (Å²) in [6, 6.07) is 5.34. The molecule has 7 heteroatoms. The van der Waals surface area contributed by atoms with Gasteiger partial charge in [-0.15, -0.1) is 0 Å². The van der Waals surface area contributed by atoms with Crippen molar-refractivity contribution >= 4 is 22.7 Å². The van der Waals surface area contributed by atoms with Crippen molar-refractivity contribution in [3.63, 3.8) is 0 Å². The van der Waals surface area contributed by atoms with E-state index < -0.39 is 0 Å². The van der Waals surface area contributed by atoms with Crippen LogP contribution in [0.2, 0.25) is 0 Å². The van der Waals surface area contributed by atoms with Crippen LogP contribution in [0.25, 0.3) is 0 Å². The van der Waals surface area contributed by atoms with Crippen LogP contribution < -0.4 is 5.32 Å². The lowest BCUT2D eigenvalue weighted by atomic mass is 9.90. The fraction of sp³-hybridized carbons (Fsp3) is 0.471. The Hall–Kier alpha value is -2.02. The zero-order chi connectivity index (χ0) is 17.1. The van der Waals surface area contributed by atoms with E-state index in [0.29, 0.717) is 35.5 Å². The van der Waals surface area contributed by atoms with E-state index >= 15 is 0 Å². The summed E-state index contributed by atoms with van der Waals surface area (Å²) in [4.78, 5) is 18.2. The number of anilines is 1. The number of hydrogen-bond acceptors (Lipinski definition) is 4. The van der Waals surface area contributed by atoms with Crippen molar-refractivity contribution in [3.05, 3.63) is 41.0 Å². The maximum absolute atomic E-state index is 13.6. The van der Waals surface area contributed by atoms with Crippen molar-refractivity contribution < 1.29 is 9.18 Å². The Morgan fingerprint density at radius 3 is 2.75 bits per heavy atom. The van der Waals surface area contributed by atoms with Crippen LogP contribution in [0.1, 0.15) is 29.8 Å². The molecule has 1 aliphatic heterocycles. The molecule has 1 fully saturated rings. The molecule has 0 aliphatic carbocycles. The minimum atomic E-state index is -0.142. The second kappa shape index (κ2) is 7.25. The van der Waals surface area contributed by atoms with Gasteiger partial charge >= 0.3 is 6.03 Å². The van der Waals surface area contributed by atoms with E-state index in [1.54, 1.807) is 19.9 Å². The first-order chi connectivity index (χ1) is 11.5. The molecule has 1 aliphatic rings. The van der Waals surface area contributed by atoms with Crippen LogP contribution in [-0.4, -0.2) is 33.4 Å². The molecule has 1 N–H and O–H groups in total. The van der Waals surface area contributed by atoms with Crippen LogP contribution in [0.4, 0.5) is 14.3 Å². The number of aryl methyl sites for hydroxylation is 2. The van der Waals surface area contributed by atoms with Crippen LogP contribution in [0.5, 0.6) is 0 Å². The van der Waals surface area contributed by atoms with E-state index in [2.05, 4.69) is 14.7 Å². The first kappa shape index (κ1) is 16.8. The van der Waals surface area contributed by atoms with Gasteiger partial charge in [-0.1, -0.05) is 12.1 Å². The monoisotopic (exact) mass is 348 g/mol. The molecule has 24 heavy (non-hydrogen) atoms. The predicted octanol–water partition coefficient (Wildman–Crippen LogP) is 3.78. The highest BCUT2D eigenvalue weighted by atomic mass is 32.1. The highest BCUT2D eigenvalue weighted by molar-refractivity contribution is 7.09. The third-order valence-electron chi connectivity index (χ3n) is 4.40. The van der Waals surface area contributed by atoms with E-state index in [9.17, 15) is 9.18 Å². The van der Waals surface area contributed by atoms with Gasteiger partial charge in [0, 0.05) is 24.6 Å². The minimum absolute atomic E-state index is 0.119. The van der Waals surface area contributed by atoms with Gasteiger partial charge < -0.3 is 4.90 Å². The number of halogens is 1. The molecule has 0 saturated carbocycles. The summed E-state index contributed by atoms with van der Waals surface area (Å²) >= 11 is 1.19. The Morgan fingerprint density at radius 2 is 2.12 bits per heavy atom. The van der Waals surface area contributed by atoms with Crippen LogP contribution in [0, 0.1) is 25.6 Å². The summed E-state index contributed by atoms with van der Waals surface area (Å²) in [7, 11) is 0. The molecular weight excluding hydrogens is 327 g/mol. The molecular formula is C17H21FN4OS. The molecule has 0 unspecified atom stereocenters. The van der Waals surface area contributed by atoms with Crippen molar-refractivity contribution in [2.75, 3.05) is 18.4 Å². The average Bonchev–Trinajstić information content (AvgIpc) is 2.96. The molecule has 2 amide bonds. The third-order valence-corrected chi connectivity index (χ3v) is 5.13. The lowest BCUT2D eigenvalue weighted by Gasteiger charge is -2.31. The largest absolute Gasteiger partial charge is 0.324 e. The number of benzene rings is 1. The molecule has 5 nitrogen and oxygen atoms in total. The molecule has 128 valence electrons. The molecule has 2 aromatic rings. The Labute approximate surface area is 145 Å². The molecule has 1 aromatic carbocycles. The van der Waals surface area contributed by atoms with Crippen LogP contribution in [-0.2, 0) is 6.42 Å². The fourth-order valence-electron chi connectivity index (χ4n) is 2.96. The molecule has 2 heterocycles. The summed E-state index contributed by atoms with van der Waals surface area (Å²) in [6.45, 7) is 4.99. The van der Waals surface area contributed by atoms with E-state index in [0.717, 1.165) is 24.8 Å². The quantitative estimate of drug-likeness (QED) is 0.918. The van der Waals surface area contributed by atoms with Gasteiger partial charge in [-0.25, -0.2) is 14.2 Å². The summed E-state index contributed by atoms with van der Waals surface area (Å²) in [5, 5.41) is 3.33. The number of hydrogen-bond donors (Lipinski definition) is 1. The highest BCUT2D eigenvalue weighted by Crippen LogP contribution is 2.23. The molecule has 3 rings (SSSR count). The van der Waals surface area contributed by atoms with Crippen molar-refractivity contribution in [2.24, 2.45) is 5.92 Å². The van der Waals surface area contributed by atoms with Gasteiger partial charge in [0.05, 0.1) is 0 Å². The Bertz CT molecular complexity index is 725. The summed E-state index contributed by atoms with van der Waals surface area (Å²) < 4.78 is 17.7. The van der Waals surface area contributed by atoms with E-state index in [4.69, 9.17) is 0 Å². The number of aromatic nitrogens is 2. The van der Waals surface area contributed by atoms with E-state index in [1.165, 1.54) is 11.5 Å². The fourth-order valence-corrected chi connectivity index (χ4v) is 3.52. The molecule has 1 aromatic heterocycles. The number of urea groups is 1. The van der Waals surface area contributed by atoms with Crippen molar-refractivity contribution in [3.8, 4) is 0 Å². The lowest BCUT2D eigenvalue weighted by molar-refractivity contribution is 0.182. The van der Waals surface area contributed by atoms with Crippen molar-refractivity contribution in [2.45, 2.75) is 33.1 Å². The van der Waals surface area contributed by atoms with Gasteiger partial charge in [0.1, 0.15) is 11.6 Å². The lowest BCUT2D eigenvalue weighted by Crippen LogP contribution is -2.41. The number of nitrogens with zero attached hydrogens (tertiary/aromatic N) is 3. The summed E-state index contributed by atoms with van der Waals surface area (Å²) in [6.07, 6.45) is 2.72. The molecule has 0 spiro atoms. The van der Waals surface area contributed by atoms with Gasteiger partial charge in [-0.3, -0.25) is 5.32 Å². The summed E-state index contributed by atoms with van der Waals surface area (Å²) in [5.74, 6) is 1.01. The Kier molecular flexibility index (Phi) is 5.08. The standard InChI is InChI=1S/C17H21FN4OS/c1-11-3-4-14(10-15(11)18)9-13-5-7-22(8-6-13)17(23)20-16-19-12(2)21-24-16/h3-4,10,13H,5-9H2,1-2H3,(H,19,20,21,23). The smallest absolute Gasteiger partial charge is 0.323 e. The van der Waals surface area contributed by atoms with E-state index in [1.807, 2.05) is 17.0 Å². The normalized spacial score (nSPS) is 15.5. The zero-order valence-electron chi connectivity index (χ0n) is 13.9. The summed E-state index contributed by atoms with van der Waals surface area (Å²) in [5.41, 5.74) is 1.71. The van der Waals surface area contributed by atoms with Crippen molar-refractivity contribution in [1.82, 2.24) is 14.3 Å². The van der Waals surface area contributed by atoms with Gasteiger partial charge in [0.15, 0.2) is 0 Å². The number of rotatable bonds is 3. The molecule has 0 radical (unpaired) electrons. The van der Waals surface area contributed by atoms with Crippen LogP contribution in [0.3, 0.4) is 0 Å². The number of carbonyl (C=O) groups is 1. The zero-order valence-corrected chi connectivity index (χ0v) is 14.7. The number of piperidine rings is 1. The second-order valence-corrected chi connectivity index (χ2v) is 7.05. The number of nitrogens with one attached hydrogen (secondary N) is 1. The Balaban J connectivity index is 1.50. The van der Waals surface area contributed by atoms with Gasteiger partial charge in [0.2, 0.25) is 5.13 Å². The van der Waals surface area contributed by atoms with Crippen molar-refractivity contribution in [1.29, 1.82) is 0 Å². The van der Waals surface area contributed by atoms with Gasteiger partial charge in [0.25, 0.3) is 0 Å². The maximum atomic E-state index is 13.6. The van der Waals surface area contributed by atoms with Crippen LogP contribution in [0.15, 0.2) is 18.2 Å². The number of likely N-dealkylation sites (tertiary alicyclic amines) is 1. The van der Waals surface area contributed by atoms with E-state index in [-0.39, 0.29) is 11.8 Å². The first-order valence-electron chi connectivity index (χ1n) is 8.12. The topological polar surface area (TPSA) is 58.1 Å².